The van der Waals surface area contributed by atoms with Gasteiger partial charge in [-0.3, -0.25) is 0 Å². The summed E-state index contributed by atoms with van der Waals surface area (Å²) in [5, 5.41) is 1.52. The fraction of sp³-hybridized carbons (Fsp3) is 0.133. The zero-order valence-corrected chi connectivity index (χ0v) is 13.4. The fourth-order valence-corrected chi connectivity index (χ4v) is 3.28. The van der Waals surface area contributed by atoms with Crippen LogP contribution < -0.4 is 5.73 Å². The fourth-order valence-electron chi connectivity index (χ4n) is 1.99. The van der Waals surface area contributed by atoms with Crippen molar-refractivity contribution in [1.82, 2.24) is 15.0 Å². The number of hydrogen-bond donors (Lipinski definition) is 1. The number of aromatic nitrogens is 3. The van der Waals surface area contributed by atoms with Crippen LogP contribution in [0.15, 0.2) is 41.7 Å². The van der Waals surface area contributed by atoms with Gasteiger partial charge in [0.1, 0.15) is 10.8 Å². The quantitative estimate of drug-likeness (QED) is 0.584. The van der Waals surface area contributed by atoms with Crippen molar-refractivity contribution < 1.29 is 4.39 Å². The van der Waals surface area contributed by atoms with Gasteiger partial charge < -0.3 is 5.73 Å². The Hall–Kier alpha value is -1.83. The molecule has 0 spiro atoms. The first-order chi connectivity index (χ1) is 10.7. The number of benzene rings is 1. The van der Waals surface area contributed by atoms with Gasteiger partial charge >= 0.3 is 0 Å². The Morgan fingerprint density at radius 3 is 2.64 bits per heavy atom. The molecule has 7 heteroatoms. The molecule has 0 unspecified atom stereocenters. The number of thioether (sulfide) groups is 1. The van der Waals surface area contributed by atoms with Crippen molar-refractivity contribution >= 4 is 23.1 Å². The van der Waals surface area contributed by atoms with Crippen molar-refractivity contribution in [2.45, 2.75) is 11.7 Å². The normalized spacial score (nSPS) is 10.9. The van der Waals surface area contributed by atoms with E-state index in [2.05, 4.69) is 15.0 Å². The molecule has 0 atom stereocenters. The Morgan fingerprint density at radius 1 is 1.18 bits per heavy atom. The molecule has 0 radical (unpaired) electrons. The van der Waals surface area contributed by atoms with Gasteiger partial charge in [0.2, 0.25) is 0 Å². The molecule has 0 fully saturated rings. The third-order valence-corrected chi connectivity index (χ3v) is 4.67. The molecule has 0 aliphatic carbocycles. The lowest BCUT2D eigenvalue weighted by Crippen LogP contribution is -1.94. The second kappa shape index (κ2) is 6.51. The van der Waals surface area contributed by atoms with E-state index in [1.165, 1.54) is 35.2 Å². The average molecular weight is 332 g/mol. The molecular formula is C15H13FN4S2. The molecule has 2 N–H and O–H groups in total. The highest BCUT2D eigenvalue weighted by Gasteiger charge is 2.16. The molecule has 2 aromatic heterocycles. The maximum Gasteiger partial charge on any atom is 0.187 e. The van der Waals surface area contributed by atoms with Crippen LogP contribution in [0.4, 0.5) is 4.39 Å². The summed E-state index contributed by atoms with van der Waals surface area (Å²) in [5.74, 6) is -0.272. The lowest BCUT2D eigenvalue weighted by atomic mass is 10.1. The lowest BCUT2D eigenvalue weighted by molar-refractivity contribution is 0.628. The number of nitrogens with two attached hydrogens (primary N) is 1. The Morgan fingerprint density at radius 2 is 1.95 bits per heavy atom. The van der Waals surface area contributed by atoms with Gasteiger partial charge in [0.05, 0.1) is 16.3 Å². The highest BCUT2D eigenvalue weighted by Crippen LogP contribution is 2.36. The highest BCUT2D eigenvalue weighted by molar-refractivity contribution is 7.98. The molecule has 0 aliphatic heterocycles. The van der Waals surface area contributed by atoms with Gasteiger partial charge in [-0.1, -0.05) is 11.8 Å². The van der Waals surface area contributed by atoms with Crippen molar-refractivity contribution in [2.24, 2.45) is 5.73 Å². The van der Waals surface area contributed by atoms with Crippen LogP contribution in [-0.2, 0) is 6.54 Å². The van der Waals surface area contributed by atoms with Gasteiger partial charge in [-0.2, -0.15) is 0 Å². The van der Waals surface area contributed by atoms with Gasteiger partial charge in [0.25, 0.3) is 0 Å². The molecule has 0 amide bonds. The minimum absolute atomic E-state index is 0.272. The lowest BCUT2D eigenvalue weighted by Gasteiger charge is -2.03. The standard InChI is InChI=1S/C15H13FN4S2/c1-21-15-18-7-6-11(19-15)14-13(20-12(8-17)22-14)9-2-4-10(16)5-3-9/h2-7H,8,17H2,1H3. The van der Waals surface area contributed by atoms with E-state index in [9.17, 15) is 4.39 Å². The molecule has 3 rings (SSSR count). The summed E-state index contributed by atoms with van der Waals surface area (Å²) in [6, 6.07) is 8.12. The van der Waals surface area contributed by atoms with Crippen LogP contribution in [0, 0.1) is 5.82 Å². The second-order valence-corrected chi connectivity index (χ2v) is 6.28. The highest BCUT2D eigenvalue weighted by atomic mass is 32.2. The van der Waals surface area contributed by atoms with E-state index < -0.39 is 0 Å². The zero-order valence-electron chi connectivity index (χ0n) is 11.8. The van der Waals surface area contributed by atoms with Crippen LogP contribution in [0.5, 0.6) is 0 Å². The first kappa shape index (κ1) is 15.1. The summed E-state index contributed by atoms with van der Waals surface area (Å²) < 4.78 is 13.1. The Kier molecular flexibility index (Phi) is 4.47. The molecule has 4 nitrogen and oxygen atoms in total. The summed E-state index contributed by atoms with van der Waals surface area (Å²) in [7, 11) is 0. The smallest absolute Gasteiger partial charge is 0.187 e. The van der Waals surface area contributed by atoms with Gasteiger partial charge in [0, 0.05) is 18.3 Å². The molecule has 2 heterocycles. The second-order valence-electron chi connectivity index (χ2n) is 4.42. The molecule has 0 bridgehead atoms. The van der Waals surface area contributed by atoms with E-state index >= 15 is 0 Å². The minimum atomic E-state index is -0.272. The predicted molar refractivity (Wildman–Crippen MR) is 88.2 cm³/mol. The van der Waals surface area contributed by atoms with Gasteiger partial charge in [-0.25, -0.2) is 19.3 Å². The minimum Gasteiger partial charge on any atom is -0.325 e. The summed E-state index contributed by atoms with van der Waals surface area (Å²) in [6.45, 7) is 0.360. The van der Waals surface area contributed by atoms with Gasteiger partial charge in [-0.05, 0) is 36.6 Å². The van der Waals surface area contributed by atoms with Crippen molar-refractivity contribution in [1.29, 1.82) is 0 Å². The Bertz CT molecular complexity index is 786. The monoisotopic (exact) mass is 332 g/mol. The number of thiazole rings is 1. The van der Waals surface area contributed by atoms with Crippen LogP contribution in [-0.4, -0.2) is 21.2 Å². The molecule has 1 aromatic carbocycles. The molecule has 3 aromatic rings. The van der Waals surface area contributed by atoms with E-state index in [0.29, 0.717) is 11.7 Å². The van der Waals surface area contributed by atoms with Crippen molar-refractivity contribution in [3.63, 3.8) is 0 Å². The van der Waals surface area contributed by atoms with E-state index in [1.807, 2.05) is 12.3 Å². The van der Waals surface area contributed by atoms with Gasteiger partial charge in [0.15, 0.2) is 5.16 Å². The van der Waals surface area contributed by atoms with Gasteiger partial charge in [-0.15, -0.1) is 11.3 Å². The number of hydrogen-bond acceptors (Lipinski definition) is 6. The largest absolute Gasteiger partial charge is 0.325 e. The van der Waals surface area contributed by atoms with Crippen LogP contribution in [0.3, 0.4) is 0 Å². The first-order valence-corrected chi connectivity index (χ1v) is 8.58. The SMILES string of the molecule is CSc1nccc(-c2sc(CN)nc2-c2ccc(F)cc2)n1. The number of nitrogens with zero attached hydrogens (tertiary/aromatic N) is 3. The maximum absolute atomic E-state index is 13.1. The topological polar surface area (TPSA) is 64.7 Å². The summed E-state index contributed by atoms with van der Waals surface area (Å²) in [4.78, 5) is 14.2. The van der Waals surface area contributed by atoms with Crippen LogP contribution >= 0.6 is 23.1 Å². The average Bonchev–Trinajstić information content (AvgIpc) is 3.00. The van der Waals surface area contributed by atoms with Crippen LogP contribution in [0.2, 0.25) is 0 Å². The third-order valence-electron chi connectivity index (χ3n) is 3.01. The molecular weight excluding hydrogens is 319 g/mol. The molecule has 0 aliphatic rings. The van der Waals surface area contributed by atoms with E-state index in [0.717, 1.165) is 26.8 Å². The van der Waals surface area contributed by atoms with Crippen molar-refractivity contribution in [3.05, 3.63) is 47.4 Å². The zero-order chi connectivity index (χ0) is 15.5. The molecule has 0 saturated carbocycles. The van der Waals surface area contributed by atoms with E-state index in [4.69, 9.17) is 5.73 Å². The van der Waals surface area contributed by atoms with Crippen LogP contribution in [0.1, 0.15) is 5.01 Å². The van der Waals surface area contributed by atoms with Crippen molar-refractivity contribution in [2.75, 3.05) is 6.26 Å². The molecule has 112 valence electrons. The first-order valence-electron chi connectivity index (χ1n) is 6.54. The van der Waals surface area contributed by atoms with Crippen molar-refractivity contribution in [3.8, 4) is 21.8 Å². The number of halogens is 1. The van der Waals surface area contributed by atoms with E-state index in [1.54, 1.807) is 18.3 Å². The summed E-state index contributed by atoms with van der Waals surface area (Å²) in [6.07, 6.45) is 3.66. The maximum atomic E-state index is 13.1. The molecule has 22 heavy (non-hydrogen) atoms. The Labute approximate surface area is 135 Å². The van der Waals surface area contributed by atoms with E-state index in [-0.39, 0.29) is 5.82 Å². The summed E-state index contributed by atoms with van der Waals surface area (Å²) in [5.41, 5.74) is 8.14. The summed E-state index contributed by atoms with van der Waals surface area (Å²) >= 11 is 2.98. The Balaban J connectivity index is 2.14. The number of rotatable bonds is 4. The molecule has 0 saturated heterocycles. The third kappa shape index (κ3) is 3.01. The van der Waals surface area contributed by atoms with Crippen LogP contribution in [0.25, 0.3) is 21.8 Å². The predicted octanol–water partition coefficient (Wildman–Crippen LogP) is 3.59.